The maximum absolute atomic E-state index is 12.2. The minimum Gasteiger partial charge on any atom is -0.480 e. The van der Waals surface area contributed by atoms with Gasteiger partial charge in [-0.2, -0.15) is 4.98 Å². The van der Waals surface area contributed by atoms with Crippen molar-refractivity contribution in [3.05, 3.63) is 41.0 Å². The Hall–Kier alpha value is -2.54. The molecule has 1 aromatic carbocycles. The first-order valence-corrected chi connectivity index (χ1v) is 9.33. The summed E-state index contributed by atoms with van der Waals surface area (Å²) in [5.41, 5.74) is 1.45. The second kappa shape index (κ2) is 8.43. The minimum absolute atomic E-state index is 0.0291. The quantitative estimate of drug-likeness (QED) is 0.847. The summed E-state index contributed by atoms with van der Waals surface area (Å²) in [4.78, 5) is 25.5. The molecule has 1 aromatic heterocycles. The summed E-state index contributed by atoms with van der Waals surface area (Å²) in [5, 5.41) is 3.57. The van der Waals surface area contributed by atoms with Crippen molar-refractivity contribution in [3.63, 3.8) is 0 Å². The number of amides is 1. The van der Waals surface area contributed by atoms with Crippen LogP contribution in [0.3, 0.4) is 0 Å². The van der Waals surface area contributed by atoms with E-state index in [9.17, 15) is 4.79 Å². The molecule has 0 unspecified atom stereocenters. The van der Waals surface area contributed by atoms with Crippen molar-refractivity contribution in [2.45, 2.75) is 19.9 Å². The van der Waals surface area contributed by atoms with Crippen LogP contribution in [0.5, 0.6) is 5.88 Å². The second-order valence-corrected chi connectivity index (χ2v) is 7.11. The Bertz CT molecular complexity index is 806. The van der Waals surface area contributed by atoms with Crippen LogP contribution in [0.25, 0.3) is 0 Å². The number of rotatable bonds is 5. The van der Waals surface area contributed by atoms with Crippen LogP contribution in [0.2, 0.25) is 5.02 Å². The van der Waals surface area contributed by atoms with Gasteiger partial charge in [0.15, 0.2) is 0 Å². The number of nitrogens with zero attached hydrogens (tertiary/aromatic N) is 4. The molecule has 0 atom stereocenters. The van der Waals surface area contributed by atoms with Crippen molar-refractivity contribution in [2.24, 2.45) is 0 Å². The Morgan fingerprint density at radius 2 is 1.93 bits per heavy atom. The number of nitrogens with one attached hydrogen (secondary N) is 1. The molecule has 144 valence electrons. The van der Waals surface area contributed by atoms with E-state index in [0.717, 1.165) is 36.9 Å². The summed E-state index contributed by atoms with van der Waals surface area (Å²) in [6.45, 7) is 7.02. The van der Waals surface area contributed by atoms with Crippen LogP contribution in [-0.2, 0) is 0 Å². The monoisotopic (exact) mass is 389 g/mol. The molecule has 0 bridgehead atoms. The highest BCUT2D eigenvalue weighted by molar-refractivity contribution is 6.30. The van der Waals surface area contributed by atoms with E-state index in [1.807, 2.05) is 32.0 Å². The Morgan fingerprint density at radius 1 is 1.22 bits per heavy atom. The highest BCUT2D eigenvalue weighted by Crippen LogP contribution is 2.23. The normalized spacial score (nSPS) is 14.4. The zero-order valence-corrected chi connectivity index (χ0v) is 16.5. The van der Waals surface area contributed by atoms with Crippen molar-refractivity contribution < 1.29 is 9.53 Å². The van der Waals surface area contributed by atoms with E-state index >= 15 is 0 Å². The molecule has 1 fully saturated rings. The summed E-state index contributed by atoms with van der Waals surface area (Å²) in [6.07, 6.45) is 1.53. The number of carbonyl (C=O) groups is 1. The summed E-state index contributed by atoms with van der Waals surface area (Å²) in [6, 6.07) is 7.89. The van der Waals surface area contributed by atoms with E-state index in [0.29, 0.717) is 11.5 Å². The molecule has 1 saturated heterocycles. The van der Waals surface area contributed by atoms with Crippen LogP contribution in [0, 0.1) is 0 Å². The van der Waals surface area contributed by atoms with Crippen LogP contribution >= 0.6 is 11.6 Å². The van der Waals surface area contributed by atoms with E-state index in [1.165, 1.54) is 13.3 Å². The van der Waals surface area contributed by atoms with Gasteiger partial charge >= 0.3 is 0 Å². The Balaban J connectivity index is 1.70. The number of hydrogen-bond acceptors (Lipinski definition) is 6. The van der Waals surface area contributed by atoms with Gasteiger partial charge in [0.1, 0.15) is 5.56 Å². The van der Waals surface area contributed by atoms with E-state index in [1.54, 1.807) is 0 Å². The maximum atomic E-state index is 12.2. The van der Waals surface area contributed by atoms with Crippen LogP contribution in [0.15, 0.2) is 30.5 Å². The first-order chi connectivity index (χ1) is 13.0. The molecule has 1 amide bonds. The van der Waals surface area contributed by atoms with E-state index < -0.39 is 0 Å². The van der Waals surface area contributed by atoms with Gasteiger partial charge in [-0.15, -0.1) is 0 Å². The van der Waals surface area contributed by atoms with E-state index in [-0.39, 0.29) is 17.8 Å². The van der Waals surface area contributed by atoms with E-state index in [2.05, 4.69) is 31.2 Å². The van der Waals surface area contributed by atoms with Crippen molar-refractivity contribution in [1.29, 1.82) is 0 Å². The third-order valence-corrected chi connectivity index (χ3v) is 4.57. The van der Waals surface area contributed by atoms with Gasteiger partial charge in [0.25, 0.3) is 5.91 Å². The third kappa shape index (κ3) is 4.60. The topological polar surface area (TPSA) is 70.6 Å². The van der Waals surface area contributed by atoms with Gasteiger partial charge in [0.05, 0.1) is 7.11 Å². The molecular weight excluding hydrogens is 366 g/mol. The summed E-state index contributed by atoms with van der Waals surface area (Å²) in [5.74, 6) is 0.619. The summed E-state index contributed by atoms with van der Waals surface area (Å²) < 4.78 is 5.32. The molecule has 8 heteroatoms. The SMILES string of the molecule is COc1nc(N2CCN(c3cccc(Cl)c3)CC2)ncc1C(=O)NC(C)C. The van der Waals surface area contributed by atoms with E-state index in [4.69, 9.17) is 16.3 Å². The number of hydrogen-bond donors (Lipinski definition) is 1. The van der Waals surface area contributed by atoms with Gasteiger partial charge in [-0.1, -0.05) is 17.7 Å². The van der Waals surface area contributed by atoms with Gasteiger partial charge in [-0.3, -0.25) is 4.79 Å². The lowest BCUT2D eigenvalue weighted by atomic mass is 10.2. The molecule has 0 radical (unpaired) electrons. The predicted octanol–water partition coefficient (Wildman–Crippen LogP) is 2.60. The second-order valence-electron chi connectivity index (χ2n) is 6.68. The molecule has 1 aliphatic heterocycles. The number of piperazine rings is 1. The molecule has 1 aliphatic rings. The molecule has 0 saturated carbocycles. The molecule has 1 N–H and O–H groups in total. The fraction of sp³-hybridized carbons (Fsp3) is 0.421. The van der Waals surface area contributed by atoms with Crippen molar-refractivity contribution in [1.82, 2.24) is 15.3 Å². The highest BCUT2D eigenvalue weighted by Gasteiger charge is 2.22. The maximum Gasteiger partial charge on any atom is 0.258 e. The van der Waals surface area contributed by atoms with Crippen molar-refractivity contribution in [3.8, 4) is 5.88 Å². The molecule has 7 nitrogen and oxygen atoms in total. The number of halogens is 1. The zero-order valence-electron chi connectivity index (χ0n) is 15.8. The van der Waals surface area contributed by atoms with Crippen molar-refractivity contribution >= 4 is 29.1 Å². The number of methoxy groups -OCH3 is 1. The highest BCUT2D eigenvalue weighted by atomic mass is 35.5. The standard InChI is InChI=1S/C19H24ClN5O2/c1-13(2)22-17(26)16-12-21-19(23-18(16)27-3)25-9-7-24(8-10-25)15-6-4-5-14(20)11-15/h4-6,11-13H,7-10H2,1-3H3,(H,22,26). The lowest BCUT2D eigenvalue weighted by Crippen LogP contribution is -2.47. The lowest BCUT2D eigenvalue weighted by molar-refractivity contribution is 0.0939. The van der Waals surface area contributed by atoms with Crippen molar-refractivity contribution in [2.75, 3.05) is 43.1 Å². The largest absolute Gasteiger partial charge is 0.480 e. The zero-order chi connectivity index (χ0) is 19.4. The molecule has 2 heterocycles. The number of carbonyl (C=O) groups excluding carboxylic acids is 1. The lowest BCUT2D eigenvalue weighted by Gasteiger charge is -2.36. The van der Waals surface area contributed by atoms with Crippen LogP contribution in [0.1, 0.15) is 24.2 Å². The fourth-order valence-corrected chi connectivity index (χ4v) is 3.18. The average Bonchev–Trinajstić information content (AvgIpc) is 2.67. The van der Waals surface area contributed by atoms with Gasteiger partial charge in [-0.25, -0.2) is 4.98 Å². The number of aromatic nitrogens is 2. The van der Waals surface area contributed by atoms with Crippen LogP contribution in [0.4, 0.5) is 11.6 Å². The van der Waals surface area contributed by atoms with Gasteiger partial charge in [0.2, 0.25) is 11.8 Å². The average molecular weight is 390 g/mol. The summed E-state index contributed by atoms with van der Waals surface area (Å²) >= 11 is 6.09. The molecule has 27 heavy (non-hydrogen) atoms. The fourth-order valence-electron chi connectivity index (χ4n) is 3.00. The number of anilines is 2. The Kier molecular flexibility index (Phi) is 6.01. The first-order valence-electron chi connectivity index (χ1n) is 8.95. The molecule has 2 aromatic rings. The molecule has 0 aliphatic carbocycles. The van der Waals surface area contributed by atoms with Crippen LogP contribution in [-0.4, -0.2) is 55.2 Å². The van der Waals surface area contributed by atoms with Gasteiger partial charge in [-0.05, 0) is 32.0 Å². The Labute approximate surface area is 164 Å². The van der Waals surface area contributed by atoms with Crippen LogP contribution < -0.4 is 19.9 Å². The molecular formula is C19H24ClN5O2. The Morgan fingerprint density at radius 3 is 2.56 bits per heavy atom. The summed E-state index contributed by atoms with van der Waals surface area (Å²) in [7, 11) is 1.51. The van der Waals surface area contributed by atoms with Gasteiger partial charge in [0, 0.05) is 49.1 Å². The predicted molar refractivity (Wildman–Crippen MR) is 107 cm³/mol. The first kappa shape index (κ1) is 19.2. The van der Waals surface area contributed by atoms with Gasteiger partial charge < -0.3 is 19.9 Å². The molecule has 0 spiro atoms. The minimum atomic E-state index is -0.237. The third-order valence-electron chi connectivity index (χ3n) is 4.33. The smallest absolute Gasteiger partial charge is 0.258 e. The number of benzene rings is 1. The molecule has 3 rings (SSSR count). The number of ether oxygens (including phenoxy) is 1.